The Morgan fingerprint density at radius 1 is 1.31 bits per heavy atom. The Morgan fingerprint density at radius 3 is 2.83 bits per heavy atom. The van der Waals surface area contributed by atoms with Crippen molar-refractivity contribution in [2.75, 3.05) is 26.7 Å². The van der Waals surface area contributed by atoms with E-state index >= 15 is 0 Å². The molecule has 3 rings (SSSR count). The van der Waals surface area contributed by atoms with Gasteiger partial charge in [0.05, 0.1) is 0 Å². The molecule has 7 heteroatoms. The number of carbonyl (C=O) groups excluding carboxylic acids is 1. The van der Waals surface area contributed by atoms with E-state index in [2.05, 4.69) is 49.4 Å². The first kappa shape index (κ1) is 20.9. The molecule has 1 aliphatic rings. The minimum atomic E-state index is 0.0471. The van der Waals surface area contributed by atoms with Crippen molar-refractivity contribution in [2.45, 2.75) is 39.3 Å². The Bertz CT molecular complexity index is 814. The van der Waals surface area contributed by atoms with Crippen LogP contribution in [0.15, 0.2) is 47.7 Å². The fourth-order valence-electron chi connectivity index (χ4n) is 3.62. The number of likely N-dealkylation sites (tertiary alicyclic amines) is 1. The normalized spacial score (nSPS) is 17.0. The van der Waals surface area contributed by atoms with E-state index in [1.54, 1.807) is 7.05 Å². The molecule has 1 unspecified atom stereocenters. The Labute approximate surface area is 173 Å². The summed E-state index contributed by atoms with van der Waals surface area (Å²) in [6.07, 6.45) is 5.63. The second-order valence-corrected chi connectivity index (χ2v) is 7.77. The molecule has 1 aromatic heterocycles. The SMILES string of the molecule is CN=C(NCCc1nccn1Cc1ccccc1)NC1CCN(C(=O)C(C)C)C1. The topological polar surface area (TPSA) is 74.6 Å². The summed E-state index contributed by atoms with van der Waals surface area (Å²) < 4.78 is 2.18. The molecule has 1 saturated heterocycles. The lowest BCUT2D eigenvalue weighted by Crippen LogP contribution is -2.45. The van der Waals surface area contributed by atoms with E-state index in [9.17, 15) is 4.79 Å². The Morgan fingerprint density at radius 2 is 2.10 bits per heavy atom. The van der Waals surface area contributed by atoms with Gasteiger partial charge < -0.3 is 20.1 Å². The van der Waals surface area contributed by atoms with Crippen molar-refractivity contribution >= 4 is 11.9 Å². The lowest BCUT2D eigenvalue weighted by Gasteiger charge is -2.20. The van der Waals surface area contributed by atoms with Gasteiger partial charge in [-0.25, -0.2) is 4.98 Å². The molecular formula is C22H32N6O. The first-order valence-corrected chi connectivity index (χ1v) is 10.4. The summed E-state index contributed by atoms with van der Waals surface area (Å²) in [4.78, 5) is 22.9. The Balaban J connectivity index is 1.45. The first-order chi connectivity index (χ1) is 14.1. The van der Waals surface area contributed by atoms with Crippen LogP contribution in [-0.2, 0) is 17.8 Å². The number of benzene rings is 1. The van der Waals surface area contributed by atoms with Gasteiger partial charge in [0.2, 0.25) is 5.91 Å². The summed E-state index contributed by atoms with van der Waals surface area (Å²) in [6.45, 7) is 7.01. The highest BCUT2D eigenvalue weighted by Crippen LogP contribution is 2.12. The molecule has 1 amide bonds. The number of guanidine groups is 1. The molecule has 1 aromatic carbocycles. The van der Waals surface area contributed by atoms with Crippen LogP contribution in [0.4, 0.5) is 0 Å². The summed E-state index contributed by atoms with van der Waals surface area (Å²) in [6, 6.07) is 10.6. The van der Waals surface area contributed by atoms with Crippen LogP contribution in [0.3, 0.4) is 0 Å². The van der Waals surface area contributed by atoms with Crippen molar-refractivity contribution < 1.29 is 4.79 Å². The fraction of sp³-hybridized carbons (Fsp3) is 0.500. The van der Waals surface area contributed by atoms with Crippen molar-refractivity contribution in [2.24, 2.45) is 10.9 Å². The van der Waals surface area contributed by atoms with Crippen molar-refractivity contribution in [3.63, 3.8) is 0 Å². The number of imidazole rings is 1. The third-order valence-corrected chi connectivity index (χ3v) is 5.20. The van der Waals surface area contributed by atoms with Gasteiger partial charge in [-0.3, -0.25) is 9.79 Å². The van der Waals surface area contributed by atoms with E-state index in [-0.39, 0.29) is 17.9 Å². The van der Waals surface area contributed by atoms with Crippen LogP contribution in [0.5, 0.6) is 0 Å². The first-order valence-electron chi connectivity index (χ1n) is 10.4. The Kier molecular flexibility index (Phi) is 7.27. The number of nitrogens with zero attached hydrogens (tertiary/aromatic N) is 4. The zero-order valence-electron chi connectivity index (χ0n) is 17.6. The molecule has 0 saturated carbocycles. The van der Waals surface area contributed by atoms with Crippen LogP contribution >= 0.6 is 0 Å². The molecule has 1 atom stereocenters. The Hall–Kier alpha value is -2.83. The minimum absolute atomic E-state index is 0.0471. The van der Waals surface area contributed by atoms with E-state index in [1.165, 1.54) is 5.56 Å². The monoisotopic (exact) mass is 396 g/mol. The molecule has 7 nitrogen and oxygen atoms in total. The van der Waals surface area contributed by atoms with Gasteiger partial charge in [0.15, 0.2) is 5.96 Å². The van der Waals surface area contributed by atoms with E-state index in [4.69, 9.17) is 0 Å². The predicted octanol–water partition coefficient (Wildman–Crippen LogP) is 1.90. The zero-order valence-corrected chi connectivity index (χ0v) is 17.6. The van der Waals surface area contributed by atoms with Gasteiger partial charge in [-0.05, 0) is 12.0 Å². The maximum absolute atomic E-state index is 12.2. The molecule has 2 heterocycles. The average molecular weight is 397 g/mol. The second kappa shape index (κ2) is 10.1. The third kappa shape index (κ3) is 5.82. The lowest BCUT2D eigenvalue weighted by atomic mass is 10.2. The zero-order chi connectivity index (χ0) is 20.6. The summed E-state index contributed by atoms with van der Waals surface area (Å²) in [5.41, 5.74) is 1.26. The minimum Gasteiger partial charge on any atom is -0.356 e. The maximum Gasteiger partial charge on any atom is 0.225 e. The molecular weight excluding hydrogens is 364 g/mol. The number of rotatable bonds is 7. The molecule has 1 fully saturated rings. The molecule has 156 valence electrons. The van der Waals surface area contributed by atoms with E-state index in [0.717, 1.165) is 50.8 Å². The van der Waals surface area contributed by atoms with E-state index in [0.29, 0.717) is 0 Å². The van der Waals surface area contributed by atoms with E-state index < -0.39 is 0 Å². The molecule has 29 heavy (non-hydrogen) atoms. The van der Waals surface area contributed by atoms with Gasteiger partial charge in [-0.1, -0.05) is 44.2 Å². The number of aliphatic imine (C=N–C) groups is 1. The highest BCUT2D eigenvalue weighted by Gasteiger charge is 2.27. The molecule has 2 aromatic rings. The summed E-state index contributed by atoms with van der Waals surface area (Å²) in [7, 11) is 1.78. The van der Waals surface area contributed by atoms with Crippen LogP contribution in [-0.4, -0.2) is 59.0 Å². The lowest BCUT2D eigenvalue weighted by molar-refractivity contribution is -0.133. The third-order valence-electron chi connectivity index (χ3n) is 5.20. The number of nitrogens with one attached hydrogen (secondary N) is 2. The van der Waals surface area contributed by atoms with Crippen LogP contribution < -0.4 is 10.6 Å². The molecule has 1 aliphatic heterocycles. The summed E-state index contributed by atoms with van der Waals surface area (Å²) >= 11 is 0. The fourth-order valence-corrected chi connectivity index (χ4v) is 3.62. The molecule has 0 spiro atoms. The van der Waals surface area contributed by atoms with Crippen LogP contribution in [0.25, 0.3) is 0 Å². The molecule has 2 N–H and O–H groups in total. The maximum atomic E-state index is 12.2. The van der Waals surface area contributed by atoms with Crippen LogP contribution in [0, 0.1) is 5.92 Å². The van der Waals surface area contributed by atoms with Gasteiger partial charge in [-0.2, -0.15) is 0 Å². The highest BCUT2D eigenvalue weighted by molar-refractivity contribution is 5.81. The average Bonchev–Trinajstić information content (AvgIpc) is 3.37. The molecule has 0 bridgehead atoms. The van der Waals surface area contributed by atoms with Gasteiger partial charge in [0.25, 0.3) is 0 Å². The van der Waals surface area contributed by atoms with Crippen molar-refractivity contribution in [3.8, 4) is 0 Å². The number of hydrogen-bond donors (Lipinski definition) is 2. The molecule has 0 aliphatic carbocycles. The van der Waals surface area contributed by atoms with Gasteiger partial charge in [0.1, 0.15) is 5.82 Å². The van der Waals surface area contributed by atoms with Crippen molar-refractivity contribution in [1.29, 1.82) is 0 Å². The number of aromatic nitrogens is 2. The number of carbonyl (C=O) groups is 1. The van der Waals surface area contributed by atoms with Crippen molar-refractivity contribution in [3.05, 3.63) is 54.1 Å². The molecule has 0 radical (unpaired) electrons. The largest absolute Gasteiger partial charge is 0.356 e. The quantitative estimate of drug-likeness (QED) is 0.554. The van der Waals surface area contributed by atoms with E-state index in [1.807, 2.05) is 37.2 Å². The summed E-state index contributed by atoms with van der Waals surface area (Å²) in [5, 5.41) is 6.82. The predicted molar refractivity (Wildman–Crippen MR) is 116 cm³/mol. The second-order valence-electron chi connectivity index (χ2n) is 7.77. The highest BCUT2D eigenvalue weighted by atomic mass is 16.2. The van der Waals surface area contributed by atoms with Crippen LogP contribution in [0.1, 0.15) is 31.7 Å². The number of amides is 1. The number of hydrogen-bond acceptors (Lipinski definition) is 3. The smallest absolute Gasteiger partial charge is 0.225 e. The summed E-state index contributed by atoms with van der Waals surface area (Å²) in [5.74, 6) is 2.09. The van der Waals surface area contributed by atoms with Gasteiger partial charge in [-0.15, -0.1) is 0 Å². The van der Waals surface area contributed by atoms with Crippen LogP contribution in [0.2, 0.25) is 0 Å². The van der Waals surface area contributed by atoms with Gasteiger partial charge >= 0.3 is 0 Å². The van der Waals surface area contributed by atoms with Gasteiger partial charge in [0, 0.05) is 64.0 Å². The standard InChI is InChI=1S/C22H32N6O/c1-17(2)21(29)28-13-10-19(16-28)26-22(23-3)25-11-9-20-24-12-14-27(20)15-18-7-5-4-6-8-18/h4-8,12,14,17,19H,9-11,13,15-16H2,1-3H3,(H2,23,25,26). The van der Waals surface area contributed by atoms with Crippen molar-refractivity contribution in [1.82, 2.24) is 25.1 Å².